The van der Waals surface area contributed by atoms with Crippen molar-refractivity contribution >= 4 is 11.6 Å². The number of nitrogens with zero attached hydrogens (tertiary/aromatic N) is 5. The van der Waals surface area contributed by atoms with Crippen molar-refractivity contribution in [2.75, 3.05) is 24.5 Å². The summed E-state index contributed by atoms with van der Waals surface area (Å²) in [5.74, 6) is -0.382. The van der Waals surface area contributed by atoms with Crippen LogP contribution in [0.15, 0.2) is 60.8 Å². The highest BCUT2D eigenvalue weighted by Gasteiger charge is 2.29. The summed E-state index contributed by atoms with van der Waals surface area (Å²) in [5.41, 5.74) is 2.41. The Bertz CT molecular complexity index is 941. The van der Waals surface area contributed by atoms with Crippen molar-refractivity contribution in [3.63, 3.8) is 0 Å². The highest BCUT2D eigenvalue weighted by atomic mass is 19.1. The zero-order valence-corrected chi connectivity index (χ0v) is 15.7. The molecule has 0 saturated carbocycles. The molecule has 0 bridgehead atoms. The van der Waals surface area contributed by atoms with Gasteiger partial charge in [0.15, 0.2) is 5.69 Å². The van der Waals surface area contributed by atoms with Crippen LogP contribution in [0.3, 0.4) is 0 Å². The van der Waals surface area contributed by atoms with E-state index in [9.17, 15) is 9.18 Å². The number of piperazine rings is 1. The molecule has 28 heavy (non-hydrogen) atoms. The molecule has 1 saturated heterocycles. The van der Waals surface area contributed by atoms with E-state index in [4.69, 9.17) is 0 Å². The van der Waals surface area contributed by atoms with Gasteiger partial charge >= 0.3 is 0 Å². The van der Waals surface area contributed by atoms with Crippen LogP contribution >= 0.6 is 0 Å². The van der Waals surface area contributed by atoms with E-state index in [1.807, 2.05) is 23.1 Å². The average Bonchev–Trinajstić information content (AvgIpc) is 3.18. The summed E-state index contributed by atoms with van der Waals surface area (Å²) >= 11 is 0. The molecule has 1 atom stereocenters. The second kappa shape index (κ2) is 7.80. The molecule has 4 rings (SSSR count). The molecule has 144 valence electrons. The molecule has 1 aliphatic rings. The molecule has 0 spiro atoms. The summed E-state index contributed by atoms with van der Waals surface area (Å²) in [4.78, 5) is 17.1. The third-order valence-electron chi connectivity index (χ3n) is 5.03. The predicted molar refractivity (Wildman–Crippen MR) is 105 cm³/mol. The standard InChI is InChI=1S/C21H22FN5O/c1-16-13-25(19-5-3-2-4-6-19)11-12-27(16)21(28)20-15-26(24-23-20)14-17-7-9-18(22)10-8-17/h2-10,15-16H,11-14H2,1H3/t16-/m0/s1. The van der Waals surface area contributed by atoms with Gasteiger partial charge in [-0.2, -0.15) is 0 Å². The normalized spacial score (nSPS) is 17.0. The minimum atomic E-state index is -0.276. The number of halogens is 1. The lowest BCUT2D eigenvalue weighted by atomic mass is 10.1. The van der Waals surface area contributed by atoms with Gasteiger partial charge in [-0.3, -0.25) is 4.79 Å². The maximum Gasteiger partial charge on any atom is 0.276 e. The minimum Gasteiger partial charge on any atom is -0.368 e. The molecule has 0 radical (unpaired) electrons. The molecule has 7 heteroatoms. The predicted octanol–water partition coefficient (Wildman–Crippen LogP) is 2.82. The number of rotatable bonds is 4. The molecule has 3 aromatic rings. The number of benzene rings is 2. The molecular weight excluding hydrogens is 357 g/mol. The fourth-order valence-corrected chi connectivity index (χ4v) is 3.53. The molecule has 2 heterocycles. The molecule has 1 aromatic heterocycles. The van der Waals surface area contributed by atoms with Crippen molar-refractivity contribution in [1.29, 1.82) is 0 Å². The van der Waals surface area contributed by atoms with Gasteiger partial charge in [0.1, 0.15) is 5.82 Å². The summed E-state index contributed by atoms with van der Waals surface area (Å²) in [6.07, 6.45) is 1.65. The fraction of sp³-hybridized carbons (Fsp3) is 0.286. The van der Waals surface area contributed by atoms with Crippen molar-refractivity contribution in [3.8, 4) is 0 Å². The Kier molecular flexibility index (Phi) is 5.06. The first-order valence-corrected chi connectivity index (χ1v) is 9.36. The Hall–Kier alpha value is -3.22. The lowest BCUT2D eigenvalue weighted by Gasteiger charge is -2.40. The van der Waals surface area contributed by atoms with E-state index < -0.39 is 0 Å². The van der Waals surface area contributed by atoms with Crippen molar-refractivity contribution < 1.29 is 9.18 Å². The summed E-state index contributed by atoms with van der Waals surface area (Å²) in [6.45, 7) is 4.69. The number of hydrogen-bond donors (Lipinski definition) is 0. The van der Waals surface area contributed by atoms with Crippen molar-refractivity contribution in [3.05, 3.63) is 77.9 Å². The molecule has 0 N–H and O–H groups in total. The largest absolute Gasteiger partial charge is 0.368 e. The summed E-state index contributed by atoms with van der Waals surface area (Å²) in [7, 11) is 0. The van der Waals surface area contributed by atoms with Crippen LogP contribution in [-0.2, 0) is 6.54 Å². The molecule has 2 aromatic carbocycles. The fourth-order valence-electron chi connectivity index (χ4n) is 3.53. The lowest BCUT2D eigenvalue weighted by Crippen LogP contribution is -2.54. The quantitative estimate of drug-likeness (QED) is 0.700. The smallest absolute Gasteiger partial charge is 0.276 e. The number of carbonyl (C=O) groups is 1. The van der Waals surface area contributed by atoms with E-state index >= 15 is 0 Å². The first-order valence-electron chi connectivity index (χ1n) is 9.36. The number of carbonyl (C=O) groups excluding carboxylic acids is 1. The summed E-state index contributed by atoms with van der Waals surface area (Å²) in [6, 6.07) is 16.5. The third kappa shape index (κ3) is 3.88. The van der Waals surface area contributed by atoms with Crippen molar-refractivity contribution in [2.24, 2.45) is 0 Å². The van der Waals surface area contributed by atoms with E-state index in [1.54, 1.807) is 23.0 Å². The number of hydrogen-bond acceptors (Lipinski definition) is 4. The molecular formula is C21H22FN5O. The molecule has 6 nitrogen and oxygen atoms in total. The van der Waals surface area contributed by atoms with Crippen molar-refractivity contribution in [1.82, 2.24) is 19.9 Å². The first kappa shape index (κ1) is 18.2. The molecule has 0 aliphatic carbocycles. The van der Waals surface area contributed by atoms with Gasteiger partial charge in [-0.1, -0.05) is 35.5 Å². The van der Waals surface area contributed by atoms with Crippen LogP contribution in [0.1, 0.15) is 23.0 Å². The van der Waals surface area contributed by atoms with Crippen LogP contribution < -0.4 is 4.90 Å². The van der Waals surface area contributed by atoms with Gasteiger partial charge in [-0.05, 0) is 36.8 Å². The van der Waals surface area contributed by atoms with Crippen molar-refractivity contribution in [2.45, 2.75) is 19.5 Å². The average molecular weight is 379 g/mol. The van der Waals surface area contributed by atoms with Crippen LogP contribution in [0.25, 0.3) is 0 Å². The van der Waals surface area contributed by atoms with E-state index in [2.05, 4.69) is 34.3 Å². The monoisotopic (exact) mass is 379 g/mol. The summed E-state index contributed by atoms with van der Waals surface area (Å²) < 4.78 is 14.6. The van der Waals surface area contributed by atoms with Crippen LogP contribution in [0.2, 0.25) is 0 Å². The summed E-state index contributed by atoms with van der Waals surface area (Å²) in [5, 5.41) is 8.10. The van der Waals surface area contributed by atoms with Gasteiger partial charge in [0.05, 0.1) is 12.7 Å². The molecule has 0 unspecified atom stereocenters. The Morgan fingerprint density at radius 3 is 2.57 bits per heavy atom. The first-order chi connectivity index (χ1) is 13.6. The number of anilines is 1. The molecule has 1 fully saturated rings. The van der Waals surface area contributed by atoms with E-state index in [1.165, 1.54) is 17.8 Å². The highest BCUT2D eigenvalue weighted by Crippen LogP contribution is 2.20. The van der Waals surface area contributed by atoms with Gasteiger partial charge in [0, 0.05) is 31.4 Å². The minimum absolute atomic E-state index is 0.0729. The Morgan fingerprint density at radius 2 is 1.86 bits per heavy atom. The molecule has 1 aliphatic heterocycles. The van der Waals surface area contributed by atoms with Gasteiger partial charge in [0.25, 0.3) is 5.91 Å². The van der Waals surface area contributed by atoms with E-state index in [0.29, 0.717) is 18.8 Å². The second-order valence-electron chi connectivity index (χ2n) is 7.06. The van der Waals surface area contributed by atoms with Crippen LogP contribution in [0.4, 0.5) is 10.1 Å². The number of amides is 1. The zero-order valence-electron chi connectivity index (χ0n) is 15.7. The van der Waals surface area contributed by atoms with E-state index in [-0.39, 0.29) is 17.8 Å². The maximum atomic E-state index is 13.0. The number of para-hydroxylation sites is 1. The van der Waals surface area contributed by atoms with Crippen LogP contribution in [-0.4, -0.2) is 51.5 Å². The zero-order chi connectivity index (χ0) is 19.5. The Balaban J connectivity index is 1.41. The van der Waals surface area contributed by atoms with Crippen LogP contribution in [0, 0.1) is 5.82 Å². The lowest BCUT2D eigenvalue weighted by molar-refractivity contribution is 0.0668. The van der Waals surface area contributed by atoms with E-state index in [0.717, 1.165) is 18.7 Å². The highest BCUT2D eigenvalue weighted by molar-refractivity contribution is 5.92. The van der Waals surface area contributed by atoms with Gasteiger partial charge in [-0.25, -0.2) is 9.07 Å². The van der Waals surface area contributed by atoms with Gasteiger partial charge < -0.3 is 9.80 Å². The topological polar surface area (TPSA) is 54.3 Å². The third-order valence-corrected chi connectivity index (χ3v) is 5.03. The SMILES string of the molecule is C[C@H]1CN(c2ccccc2)CCN1C(=O)c1cn(Cc2ccc(F)cc2)nn1. The molecule has 1 amide bonds. The van der Waals surface area contributed by atoms with Gasteiger partial charge in [-0.15, -0.1) is 5.10 Å². The Labute approximate surface area is 163 Å². The van der Waals surface area contributed by atoms with Gasteiger partial charge in [0.2, 0.25) is 0 Å². The Morgan fingerprint density at radius 1 is 1.11 bits per heavy atom. The number of aromatic nitrogens is 3. The maximum absolute atomic E-state index is 13.0. The van der Waals surface area contributed by atoms with Crippen LogP contribution in [0.5, 0.6) is 0 Å². The second-order valence-corrected chi connectivity index (χ2v) is 7.06.